The van der Waals surface area contributed by atoms with Crippen molar-refractivity contribution in [1.82, 2.24) is 14.7 Å². The van der Waals surface area contributed by atoms with Gasteiger partial charge in [-0.05, 0) is 81.4 Å². The van der Waals surface area contributed by atoms with Crippen molar-refractivity contribution in [1.29, 1.82) is 0 Å². The Kier molecular flexibility index (Phi) is 10.4. The summed E-state index contributed by atoms with van der Waals surface area (Å²) < 4.78 is 63.5. The number of aliphatic carboxylic acids is 2. The highest BCUT2D eigenvalue weighted by atomic mass is 32.1. The normalized spacial score (nSPS) is 26.1. The average Bonchev–Trinajstić information content (AvgIpc) is 3.67. The molecule has 1 aliphatic carbocycles. The van der Waals surface area contributed by atoms with Gasteiger partial charge in [-0.3, -0.25) is 9.69 Å². The van der Waals surface area contributed by atoms with Crippen LogP contribution < -0.4 is 0 Å². The molecule has 2 N–H and O–H groups in total. The minimum atomic E-state index is -5.08. The maximum Gasteiger partial charge on any atom is 0.490 e. The molecular weight excluding hydrogens is 580 g/mol. The lowest BCUT2D eigenvalue weighted by atomic mass is 9.65. The molecule has 1 aromatic rings. The maximum absolute atomic E-state index is 13.6. The summed E-state index contributed by atoms with van der Waals surface area (Å²) in [5, 5.41) is 16.4. The molecule has 1 amide bonds. The number of fused-ring (bicyclic) bond motifs is 2. The van der Waals surface area contributed by atoms with Gasteiger partial charge < -0.3 is 20.0 Å². The Morgan fingerprint density at radius 1 is 0.927 bits per heavy atom. The van der Waals surface area contributed by atoms with Gasteiger partial charge in [-0.25, -0.2) is 9.59 Å². The SMILES string of the molecule is CN1C[C@H]2C3(CCN(Cc4cccs4)CC3)CC[C@@]2(C(=O)N2CCCC2)C1.O=C(O)C(F)(F)F.O=C(O)C(F)(F)F. The van der Waals surface area contributed by atoms with Crippen molar-refractivity contribution in [3.8, 4) is 0 Å². The summed E-state index contributed by atoms with van der Waals surface area (Å²) in [4.78, 5) is 40.2. The van der Waals surface area contributed by atoms with Crippen LogP contribution in [0, 0.1) is 16.7 Å². The van der Waals surface area contributed by atoms with Gasteiger partial charge in [0.15, 0.2) is 0 Å². The average molecular weight is 616 g/mol. The van der Waals surface area contributed by atoms with Gasteiger partial charge in [0.05, 0.1) is 5.41 Å². The maximum atomic E-state index is 13.6. The molecule has 3 saturated heterocycles. The lowest BCUT2D eigenvalue weighted by Gasteiger charge is -2.45. The number of alkyl halides is 6. The van der Waals surface area contributed by atoms with E-state index in [4.69, 9.17) is 19.8 Å². The fourth-order valence-corrected chi connectivity index (χ4v) is 7.50. The Labute approximate surface area is 237 Å². The molecule has 4 heterocycles. The first-order chi connectivity index (χ1) is 19.0. The minimum Gasteiger partial charge on any atom is -0.475 e. The Bertz CT molecular complexity index is 1030. The quantitative estimate of drug-likeness (QED) is 0.481. The van der Waals surface area contributed by atoms with E-state index in [1.165, 1.54) is 50.1 Å². The zero-order chi connectivity index (χ0) is 30.6. The summed E-state index contributed by atoms with van der Waals surface area (Å²) in [5.74, 6) is -4.43. The van der Waals surface area contributed by atoms with Crippen LogP contribution in [0.1, 0.15) is 43.4 Å². The van der Waals surface area contributed by atoms with Crippen molar-refractivity contribution in [3.63, 3.8) is 0 Å². The summed E-state index contributed by atoms with van der Waals surface area (Å²) in [6.45, 7) is 7.63. The first-order valence-electron chi connectivity index (χ1n) is 13.3. The van der Waals surface area contributed by atoms with E-state index < -0.39 is 24.3 Å². The summed E-state index contributed by atoms with van der Waals surface area (Å²) in [7, 11) is 2.23. The van der Waals surface area contributed by atoms with Crippen LogP contribution in [0.5, 0.6) is 0 Å². The lowest BCUT2D eigenvalue weighted by Crippen LogP contribution is -2.49. The van der Waals surface area contributed by atoms with Crippen molar-refractivity contribution < 1.29 is 50.9 Å². The van der Waals surface area contributed by atoms with Crippen LogP contribution in [-0.4, -0.2) is 101 Å². The topological polar surface area (TPSA) is 101 Å². The van der Waals surface area contributed by atoms with Crippen LogP contribution >= 0.6 is 11.3 Å². The number of thiophene rings is 1. The van der Waals surface area contributed by atoms with E-state index in [9.17, 15) is 31.1 Å². The molecular formula is C26H35F6N3O5S. The van der Waals surface area contributed by atoms with E-state index in [0.717, 1.165) is 39.1 Å². The van der Waals surface area contributed by atoms with Crippen LogP contribution in [0.25, 0.3) is 0 Å². The molecule has 4 aliphatic rings. The summed E-state index contributed by atoms with van der Waals surface area (Å²) in [6.07, 6.45) is -2.80. The zero-order valence-electron chi connectivity index (χ0n) is 22.6. The van der Waals surface area contributed by atoms with E-state index in [0.29, 0.717) is 17.2 Å². The van der Waals surface area contributed by atoms with Crippen LogP contribution in [0.4, 0.5) is 26.3 Å². The van der Waals surface area contributed by atoms with Crippen molar-refractivity contribution in [2.45, 2.75) is 57.4 Å². The zero-order valence-corrected chi connectivity index (χ0v) is 23.5. The number of piperidine rings is 1. The fraction of sp³-hybridized carbons (Fsp3) is 0.731. The van der Waals surface area contributed by atoms with Crippen LogP contribution in [0.15, 0.2) is 17.5 Å². The number of carboxylic acid groups (broad SMARTS) is 2. The highest BCUT2D eigenvalue weighted by molar-refractivity contribution is 7.09. The molecule has 4 fully saturated rings. The van der Waals surface area contributed by atoms with Gasteiger partial charge in [-0.15, -0.1) is 11.3 Å². The number of hydrogen-bond acceptors (Lipinski definition) is 6. The Morgan fingerprint density at radius 2 is 1.46 bits per heavy atom. The first kappa shape index (κ1) is 33.1. The van der Waals surface area contributed by atoms with Gasteiger partial charge in [-0.1, -0.05) is 6.07 Å². The Balaban J connectivity index is 0.000000276. The standard InChI is InChI=1S/C22H33N3OS.2C2HF3O2/c1-23-16-19-21(8-12-24(13-9-21)15-18-5-4-14-27-18)6-7-22(19,17-23)20(26)25-10-2-3-11-25;2*3-2(4,5)1(6)7/h4-5,14,19H,2-3,6-13,15-17H2,1H3;2*(H,6,7)/t19-,22+;;/m0../s1. The number of rotatable bonds is 3. The van der Waals surface area contributed by atoms with Gasteiger partial charge >= 0.3 is 24.3 Å². The third kappa shape index (κ3) is 7.92. The largest absolute Gasteiger partial charge is 0.490 e. The van der Waals surface area contributed by atoms with Gasteiger partial charge in [-0.2, -0.15) is 26.3 Å². The summed E-state index contributed by atoms with van der Waals surface area (Å²) in [5.41, 5.74) is 0.334. The molecule has 0 unspecified atom stereocenters. The molecule has 2 atom stereocenters. The van der Waals surface area contributed by atoms with Crippen LogP contribution in [0.3, 0.4) is 0 Å². The molecule has 8 nitrogen and oxygen atoms in total. The highest BCUT2D eigenvalue weighted by Crippen LogP contribution is 2.62. The fourth-order valence-electron chi connectivity index (χ4n) is 6.76. The molecule has 1 saturated carbocycles. The number of carbonyl (C=O) groups is 3. The van der Waals surface area contributed by atoms with Gasteiger partial charge in [0, 0.05) is 37.6 Å². The molecule has 3 aliphatic heterocycles. The Morgan fingerprint density at radius 3 is 1.93 bits per heavy atom. The first-order valence-corrected chi connectivity index (χ1v) is 14.2. The number of likely N-dealkylation sites (tertiary alicyclic amines) is 3. The third-order valence-electron chi connectivity index (χ3n) is 8.64. The van der Waals surface area contributed by atoms with Crippen LogP contribution in [-0.2, 0) is 20.9 Å². The molecule has 5 rings (SSSR count). The molecule has 15 heteroatoms. The van der Waals surface area contributed by atoms with Crippen molar-refractivity contribution in [2.24, 2.45) is 16.7 Å². The van der Waals surface area contributed by atoms with Gasteiger partial charge in [0.2, 0.25) is 5.91 Å². The Hall–Kier alpha value is -2.39. The molecule has 0 aromatic carbocycles. The number of halogens is 6. The predicted octanol–water partition coefficient (Wildman–Crippen LogP) is 4.56. The second-order valence-electron chi connectivity index (χ2n) is 11.2. The van der Waals surface area contributed by atoms with E-state index >= 15 is 0 Å². The van der Waals surface area contributed by atoms with E-state index in [1.807, 2.05) is 11.3 Å². The number of amides is 1. The van der Waals surface area contributed by atoms with E-state index in [-0.39, 0.29) is 5.41 Å². The van der Waals surface area contributed by atoms with Crippen LogP contribution in [0.2, 0.25) is 0 Å². The monoisotopic (exact) mass is 615 g/mol. The molecule has 1 spiro atoms. The molecule has 232 valence electrons. The third-order valence-corrected chi connectivity index (χ3v) is 9.50. The summed E-state index contributed by atoms with van der Waals surface area (Å²) >= 11 is 1.87. The number of hydrogen-bond donors (Lipinski definition) is 2. The lowest BCUT2D eigenvalue weighted by molar-refractivity contribution is -0.193. The second-order valence-corrected chi connectivity index (χ2v) is 12.3. The molecule has 41 heavy (non-hydrogen) atoms. The molecule has 0 radical (unpaired) electrons. The van der Waals surface area contributed by atoms with E-state index in [1.54, 1.807) is 0 Å². The summed E-state index contributed by atoms with van der Waals surface area (Å²) in [6, 6.07) is 4.42. The van der Waals surface area contributed by atoms with Gasteiger partial charge in [0.25, 0.3) is 0 Å². The molecule has 1 aromatic heterocycles. The highest BCUT2D eigenvalue weighted by Gasteiger charge is 2.64. The minimum absolute atomic E-state index is 0.0744. The van der Waals surface area contributed by atoms with Crippen molar-refractivity contribution in [2.75, 3.05) is 46.3 Å². The smallest absolute Gasteiger partial charge is 0.475 e. The number of carbonyl (C=O) groups excluding carboxylic acids is 1. The van der Waals surface area contributed by atoms with E-state index in [2.05, 4.69) is 39.3 Å². The van der Waals surface area contributed by atoms with Crippen molar-refractivity contribution >= 4 is 29.2 Å². The predicted molar refractivity (Wildman–Crippen MR) is 137 cm³/mol. The molecule has 0 bridgehead atoms. The van der Waals surface area contributed by atoms with Crippen molar-refractivity contribution in [3.05, 3.63) is 22.4 Å². The number of carboxylic acids is 2. The second kappa shape index (κ2) is 12.9. The van der Waals surface area contributed by atoms with Gasteiger partial charge in [0.1, 0.15) is 0 Å². The number of nitrogens with zero attached hydrogens (tertiary/aromatic N) is 3.